The van der Waals surface area contributed by atoms with Crippen molar-refractivity contribution in [1.29, 1.82) is 0 Å². The molecule has 1 aromatic carbocycles. The van der Waals surface area contributed by atoms with Crippen LogP contribution >= 0.6 is 0 Å². The van der Waals surface area contributed by atoms with E-state index in [-0.39, 0.29) is 0 Å². The van der Waals surface area contributed by atoms with Crippen molar-refractivity contribution in [2.75, 3.05) is 25.0 Å². The first-order valence-electron chi connectivity index (χ1n) is 6.93. The third-order valence-electron chi connectivity index (χ3n) is 4.13. The molecule has 0 amide bonds. The molecular formula is C15H22N2. The Morgan fingerprint density at radius 1 is 1.18 bits per heavy atom. The van der Waals surface area contributed by atoms with Gasteiger partial charge in [0.05, 0.1) is 0 Å². The summed E-state index contributed by atoms with van der Waals surface area (Å²) in [5, 5.41) is 3.53. The molecule has 0 saturated carbocycles. The van der Waals surface area contributed by atoms with E-state index in [2.05, 4.69) is 35.3 Å². The standard InChI is InChI=1S/C15H22N2/c1-12-5-6-14-13(11-12)15(7-8-16-14)17-9-3-2-4-10-17/h5-6,11,15-16H,2-4,7-10H2,1H3. The molecule has 1 unspecified atom stereocenters. The molecule has 2 heterocycles. The average Bonchev–Trinajstić information content (AvgIpc) is 2.39. The van der Waals surface area contributed by atoms with E-state index in [0.29, 0.717) is 6.04 Å². The van der Waals surface area contributed by atoms with Crippen LogP contribution in [0.1, 0.15) is 42.9 Å². The van der Waals surface area contributed by atoms with Gasteiger partial charge in [0.15, 0.2) is 0 Å². The highest BCUT2D eigenvalue weighted by atomic mass is 15.2. The Balaban J connectivity index is 1.89. The molecule has 1 saturated heterocycles. The summed E-state index contributed by atoms with van der Waals surface area (Å²) in [5.41, 5.74) is 4.27. The molecule has 1 atom stereocenters. The van der Waals surface area contributed by atoms with E-state index in [4.69, 9.17) is 0 Å². The van der Waals surface area contributed by atoms with Crippen LogP contribution in [0.2, 0.25) is 0 Å². The predicted molar refractivity (Wildman–Crippen MR) is 72.5 cm³/mol. The third-order valence-corrected chi connectivity index (χ3v) is 4.13. The van der Waals surface area contributed by atoms with Crippen LogP contribution in [-0.4, -0.2) is 24.5 Å². The zero-order valence-electron chi connectivity index (χ0n) is 10.7. The molecule has 0 aromatic heterocycles. The number of likely N-dealkylation sites (tertiary alicyclic amines) is 1. The SMILES string of the molecule is Cc1ccc2c(c1)C(N1CCCCC1)CCN2. The normalized spacial score (nSPS) is 25.1. The van der Waals surface area contributed by atoms with Gasteiger partial charge in [-0.05, 0) is 50.9 Å². The van der Waals surface area contributed by atoms with Crippen molar-refractivity contribution in [2.45, 2.75) is 38.6 Å². The van der Waals surface area contributed by atoms with Gasteiger partial charge >= 0.3 is 0 Å². The number of fused-ring (bicyclic) bond motifs is 1. The van der Waals surface area contributed by atoms with Gasteiger partial charge in [-0.15, -0.1) is 0 Å². The zero-order chi connectivity index (χ0) is 11.7. The second-order valence-electron chi connectivity index (χ2n) is 5.42. The second-order valence-corrected chi connectivity index (χ2v) is 5.42. The van der Waals surface area contributed by atoms with Gasteiger partial charge in [0.2, 0.25) is 0 Å². The van der Waals surface area contributed by atoms with Crippen LogP contribution < -0.4 is 5.32 Å². The lowest BCUT2D eigenvalue weighted by atomic mass is 9.93. The minimum Gasteiger partial charge on any atom is -0.385 e. The Morgan fingerprint density at radius 2 is 2.00 bits per heavy atom. The van der Waals surface area contributed by atoms with Gasteiger partial charge in [-0.3, -0.25) is 4.90 Å². The molecule has 3 rings (SSSR count). The number of anilines is 1. The summed E-state index contributed by atoms with van der Waals surface area (Å²) >= 11 is 0. The highest BCUT2D eigenvalue weighted by molar-refractivity contribution is 5.55. The Morgan fingerprint density at radius 3 is 2.82 bits per heavy atom. The molecule has 92 valence electrons. The van der Waals surface area contributed by atoms with Crippen molar-refractivity contribution in [3.8, 4) is 0 Å². The van der Waals surface area contributed by atoms with Gasteiger partial charge < -0.3 is 5.32 Å². The lowest BCUT2D eigenvalue weighted by Gasteiger charge is -2.38. The third kappa shape index (κ3) is 2.19. The van der Waals surface area contributed by atoms with Crippen LogP contribution in [0, 0.1) is 6.92 Å². The maximum absolute atomic E-state index is 3.53. The number of nitrogens with zero attached hydrogens (tertiary/aromatic N) is 1. The number of hydrogen-bond donors (Lipinski definition) is 1. The van der Waals surface area contributed by atoms with E-state index in [1.807, 2.05) is 0 Å². The fraction of sp³-hybridized carbons (Fsp3) is 0.600. The molecular weight excluding hydrogens is 208 g/mol. The first kappa shape index (κ1) is 11.1. The van der Waals surface area contributed by atoms with Crippen molar-refractivity contribution < 1.29 is 0 Å². The van der Waals surface area contributed by atoms with Gasteiger partial charge in [-0.25, -0.2) is 0 Å². The molecule has 1 fully saturated rings. The quantitative estimate of drug-likeness (QED) is 0.796. The van der Waals surface area contributed by atoms with Gasteiger partial charge in [-0.1, -0.05) is 24.1 Å². The summed E-state index contributed by atoms with van der Waals surface area (Å²) in [4.78, 5) is 2.70. The van der Waals surface area contributed by atoms with E-state index in [1.165, 1.54) is 55.6 Å². The van der Waals surface area contributed by atoms with Gasteiger partial charge in [-0.2, -0.15) is 0 Å². The zero-order valence-corrected chi connectivity index (χ0v) is 10.7. The van der Waals surface area contributed by atoms with E-state index >= 15 is 0 Å². The highest BCUT2D eigenvalue weighted by Crippen LogP contribution is 2.35. The number of aryl methyl sites for hydroxylation is 1. The van der Waals surface area contributed by atoms with Crippen LogP contribution in [0.5, 0.6) is 0 Å². The van der Waals surface area contributed by atoms with Crippen molar-refractivity contribution in [1.82, 2.24) is 4.90 Å². The van der Waals surface area contributed by atoms with Crippen molar-refractivity contribution in [2.24, 2.45) is 0 Å². The lowest BCUT2D eigenvalue weighted by molar-refractivity contribution is 0.156. The van der Waals surface area contributed by atoms with Gasteiger partial charge in [0.25, 0.3) is 0 Å². The van der Waals surface area contributed by atoms with E-state index < -0.39 is 0 Å². The maximum Gasteiger partial charge on any atom is 0.0388 e. The van der Waals surface area contributed by atoms with Gasteiger partial charge in [0, 0.05) is 18.3 Å². The van der Waals surface area contributed by atoms with E-state index in [0.717, 1.165) is 6.54 Å². The molecule has 2 aliphatic heterocycles. The average molecular weight is 230 g/mol. The molecule has 1 N–H and O–H groups in total. The minimum absolute atomic E-state index is 0.659. The number of piperidine rings is 1. The fourth-order valence-electron chi connectivity index (χ4n) is 3.23. The van der Waals surface area contributed by atoms with Crippen LogP contribution in [0.3, 0.4) is 0 Å². The van der Waals surface area contributed by atoms with Crippen LogP contribution in [-0.2, 0) is 0 Å². The van der Waals surface area contributed by atoms with E-state index in [9.17, 15) is 0 Å². The molecule has 0 aliphatic carbocycles. The first-order valence-corrected chi connectivity index (χ1v) is 6.93. The monoisotopic (exact) mass is 230 g/mol. The van der Waals surface area contributed by atoms with E-state index in [1.54, 1.807) is 0 Å². The molecule has 17 heavy (non-hydrogen) atoms. The minimum atomic E-state index is 0.659. The first-order chi connectivity index (χ1) is 8.34. The summed E-state index contributed by atoms with van der Waals surface area (Å²) in [6.45, 7) is 5.90. The Bertz CT molecular complexity index is 394. The van der Waals surface area contributed by atoms with Crippen molar-refractivity contribution in [3.05, 3.63) is 29.3 Å². The molecule has 2 aliphatic rings. The van der Waals surface area contributed by atoms with Crippen LogP contribution in [0.15, 0.2) is 18.2 Å². The van der Waals surface area contributed by atoms with Crippen molar-refractivity contribution >= 4 is 5.69 Å². The Kier molecular flexibility index (Phi) is 3.06. The molecule has 0 spiro atoms. The number of hydrogen-bond acceptors (Lipinski definition) is 2. The Labute approximate surface area is 104 Å². The second kappa shape index (κ2) is 4.69. The summed E-state index contributed by atoms with van der Waals surface area (Å²) in [6.07, 6.45) is 5.44. The topological polar surface area (TPSA) is 15.3 Å². The molecule has 1 aromatic rings. The number of benzene rings is 1. The number of rotatable bonds is 1. The lowest BCUT2D eigenvalue weighted by Crippen LogP contribution is -2.36. The molecule has 2 nitrogen and oxygen atoms in total. The summed E-state index contributed by atoms with van der Waals surface area (Å²) < 4.78 is 0. The van der Waals surface area contributed by atoms with Crippen molar-refractivity contribution in [3.63, 3.8) is 0 Å². The summed E-state index contributed by atoms with van der Waals surface area (Å²) in [5.74, 6) is 0. The molecule has 2 heteroatoms. The largest absolute Gasteiger partial charge is 0.385 e. The predicted octanol–water partition coefficient (Wildman–Crippen LogP) is 3.34. The highest BCUT2D eigenvalue weighted by Gasteiger charge is 2.26. The number of nitrogens with one attached hydrogen (secondary N) is 1. The summed E-state index contributed by atoms with van der Waals surface area (Å²) in [7, 11) is 0. The van der Waals surface area contributed by atoms with Gasteiger partial charge in [0.1, 0.15) is 0 Å². The van der Waals surface area contributed by atoms with Crippen LogP contribution in [0.4, 0.5) is 5.69 Å². The Hall–Kier alpha value is -1.02. The fourth-order valence-corrected chi connectivity index (χ4v) is 3.23. The summed E-state index contributed by atoms with van der Waals surface area (Å²) in [6, 6.07) is 7.50. The maximum atomic E-state index is 3.53. The van der Waals surface area contributed by atoms with Crippen LogP contribution in [0.25, 0.3) is 0 Å². The molecule has 0 radical (unpaired) electrons. The molecule has 0 bridgehead atoms. The smallest absolute Gasteiger partial charge is 0.0388 e.